The average molecular weight is 1250 g/mol. The molecule has 18 rings (SSSR count). The smallest absolute Gasteiger partial charge is 0.135 e. The minimum absolute atomic E-state index is 0.00645. The van der Waals surface area contributed by atoms with Crippen molar-refractivity contribution in [3.8, 4) is 44.9 Å². The van der Waals surface area contributed by atoms with E-state index in [0.29, 0.717) is 0 Å². The largest absolute Gasteiger partial charge is 0.457 e. The Morgan fingerprint density at radius 2 is 0.812 bits per heavy atom. The number of hydrogen-bond donors (Lipinski definition) is 0. The second-order valence-electron chi connectivity index (χ2n) is 26.4. The summed E-state index contributed by atoms with van der Waals surface area (Å²) in [6.45, 7) is 6.87. The molecule has 0 aliphatic carbocycles. The lowest BCUT2D eigenvalue weighted by Gasteiger charge is -2.45. The standard InChI is InChI=1S/C90H66N4OS/c1-90(2,3)64-48-44-62(45-49-64)72-38-19-22-41-77(72)94-79-58-84-76(57-75(79)87-74-40-21-24-43-82(74)95-83-55-70(53-80(94)88(83)87)91(65-31-13-6-14-32-65)66-33-15-7-16-34-66)86-73-39-20-23-42-78(73)93(67-35-17-8-18-36-67)81-54-71(56-85(96-84)89(81)86)92(68-50-46-61(47-51-68)59-26-9-4-10-27-59)69-37-25-30-63(52-69)60-28-11-5-12-29-60/h4-58,86-87H,1-3H3. The Morgan fingerprint density at radius 3 is 1.50 bits per heavy atom. The van der Waals surface area contributed by atoms with Gasteiger partial charge < -0.3 is 24.3 Å². The van der Waals surface area contributed by atoms with Crippen LogP contribution >= 0.6 is 11.8 Å². The van der Waals surface area contributed by atoms with E-state index in [2.05, 4.69) is 374 Å². The monoisotopic (exact) mass is 1250 g/mol. The average Bonchev–Trinajstić information content (AvgIpc) is 0.694. The van der Waals surface area contributed by atoms with Crippen molar-refractivity contribution >= 4 is 80.0 Å². The van der Waals surface area contributed by atoms with Gasteiger partial charge in [-0.15, -0.1) is 0 Å². The molecule has 0 fully saturated rings. The highest BCUT2D eigenvalue weighted by Crippen LogP contribution is 2.66. The fourth-order valence-corrected chi connectivity index (χ4v) is 16.4. The first kappa shape index (κ1) is 57.1. The topological polar surface area (TPSA) is 22.2 Å². The van der Waals surface area contributed by atoms with Crippen molar-refractivity contribution in [1.29, 1.82) is 0 Å². The van der Waals surface area contributed by atoms with Crippen molar-refractivity contribution in [1.82, 2.24) is 0 Å². The number of fused-ring (bicyclic) bond motifs is 8. The van der Waals surface area contributed by atoms with E-state index >= 15 is 0 Å². The fraction of sp³-hybridized carbons (Fsp3) is 0.0667. The van der Waals surface area contributed by atoms with Crippen LogP contribution < -0.4 is 24.3 Å². The molecule has 0 aromatic heterocycles. The van der Waals surface area contributed by atoms with E-state index in [0.717, 1.165) is 108 Å². The molecule has 458 valence electrons. The van der Waals surface area contributed by atoms with E-state index in [1.54, 1.807) is 0 Å². The van der Waals surface area contributed by atoms with Gasteiger partial charge in [0.25, 0.3) is 0 Å². The minimum Gasteiger partial charge on any atom is -0.457 e. The third kappa shape index (κ3) is 9.70. The van der Waals surface area contributed by atoms with Gasteiger partial charge in [-0.2, -0.15) is 0 Å². The first-order chi connectivity index (χ1) is 47.3. The highest BCUT2D eigenvalue weighted by molar-refractivity contribution is 7.99. The van der Waals surface area contributed by atoms with Gasteiger partial charge in [0.05, 0.1) is 34.1 Å². The van der Waals surface area contributed by atoms with Crippen LogP contribution in [0.4, 0.5) is 68.2 Å². The molecule has 0 N–H and O–H groups in total. The number of nitrogens with zero attached hydrogens (tertiary/aromatic N) is 4. The highest BCUT2D eigenvalue weighted by Gasteiger charge is 2.45. The van der Waals surface area contributed by atoms with Gasteiger partial charge in [-0.25, -0.2) is 0 Å². The number of ether oxygens (including phenoxy) is 1. The van der Waals surface area contributed by atoms with Gasteiger partial charge in [0.15, 0.2) is 0 Å². The van der Waals surface area contributed by atoms with Gasteiger partial charge in [0.1, 0.15) is 11.5 Å². The Balaban J connectivity index is 0.897. The summed E-state index contributed by atoms with van der Waals surface area (Å²) < 4.78 is 7.35. The molecular formula is C90H66N4OS. The third-order valence-electron chi connectivity index (χ3n) is 19.7. The summed E-state index contributed by atoms with van der Waals surface area (Å²) in [6.07, 6.45) is 0. The normalized spacial score (nSPS) is 14.4. The molecule has 14 aromatic carbocycles. The van der Waals surface area contributed by atoms with Crippen molar-refractivity contribution in [2.45, 2.75) is 47.8 Å². The number of para-hydroxylation sites is 6. The Kier molecular flexibility index (Phi) is 13.8. The van der Waals surface area contributed by atoms with E-state index in [4.69, 9.17) is 4.74 Å². The SMILES string of the molecule is CC(C)(C)c1ccc(-c2ccccc2N2c3cc4c(cc3C3c5ccccc5Oc5cc(N(c6ccccc6)c6ccccc6)cc2c53)C2c3ccccc3N(c3ccccc3)c3cc(N(c5ccc(-c6ccccc6)cc5)c5cccc(-c6ccccc6)c5)cc(c32)S4)cc1. The van der Waals surface area contributed by atoms with Crippen LogP contribution in [0.3, 0.4) is 0 Å². The maximum atomic E-state index is 7.35. The van der Waals surface area contributed by atoms with Crippen LogP contribution in [0, 0.1) is 0 Å². The zero-order valence-corrected chi connectivity index (χ0v) is 54.3. The maximum absolute atomic E-state index is 7.35. The molecule has 0 spiro atoms. The highest BCUT2D eigenvalue weighted by atomic mass is 32.2. The molecule has 0 radical (unpaired) electrons. The van der Waals surface area contributed by atoms with Gasteiger partial charge >= 0.3 is 0 Å². The lowest BCUT2D eigenvalue weighted by molar-refractivity contribution is 0.452. The molecule has 0 bridgehead atoms. The summed E-state index contributed by atoms with van der Waals surface area (Å²) in [5.74, 6) is 1.41. The van der Waals surface area contributed by atoms with E-state index in [1.807, 2.05) is 11.8 Å². The summed E-state index contributed by atoms with van der Waals surface area (Å²) in [6, 6.07) is 123. The molecular weight excluding hydrogens is 1190 g/mol. The first-order valence-corrected chi connectivity index (χ1v) is 34.0. The molecule has 0 amide bonds. The molecule has 4 aliphatic heterocycles. The van der Waals surface area contributed by atoms with Gasteiger partial charge in [-0.3, -0.25) is 0 Å². The zero-order valence-electron chi connectivity index (χ0n) is 53.5. The number of hydrogen-bond acceptors (Lipinski definition) is 6. The van der Waals surface area contributed by atoms with Crippen LogP contribution in [0.1, 0.15) is 71.6 Å². The molecule has 4 heterocycles. The molecule has 2 atom stereocenters. The molecule has 4 aliphatic rings. The van der Waals surface area contributed by atoms with Crippen molar-refractivity contribution < 1.29 is 4.74 Å². The van der Waals surface area contributed by atoms with Crippen LogP contribution in [-0.2, 0) is 5.41 Å². The van der Waals surface area contributed by atoms with Gasteiger partial charge in [-0.05, 0) is 159 Å². The van der Waals surface area contributed by atoms with Crippen LogP contribution in [0.5, 0.6) is 11.5 Å². The van der Waals surface area contributed by atoms with Gasteiger partial charge in [-0.1, -0.05) is 257 Å². The van der Waals surface area contributed by atoms with Crippen molar-refractivity contribution in [3.63, 3.8) is 0 Å². The summed E-state index contributed by atoms with van der Waals surface area (Å²) in [5.41, 5.74) is 28.7. The molecule has 0 saturated carbocycles. The van der Waals surface area contributed by atoms with E-state index in [-0.39, 0.29) is 17.3 Å². The van der Waals surface area contributed by atoms with Crippen molar-refractivity contribution in [2.24, 2.45) is 0 Å². The second kappa shape index (κ2) is 23.2. The lowest BCUT2D eigenvalue weighted by Crippen LogP contribution is -2.28. The number of rotatable bonds is 11. The molecule has 14 aromatic rings. The second-order valence-corrected chi connectivity index (χ2v) is 27.5. The molecule has 2 unspecified atom stereocenters. The van der Waals surface area contributed by atoms with Crippen LogP contribution in [0.15, 0.2) is 343 Å². The van der Waals surface area contributed by atoms with E-state index in [9.17, 15) is 0 Å². The van der Waals surface area contributed by atoms with Gasteiger partial charge in [0.2, 0.25) is 0 Å². The Bertz CT molecular complexity index is 5250. The maximum Gasteiger partial charge on any atom is 0.135 e. The van der Waals surface area contributed by atoms with E-state index < -0.39 is 0 Å². The zero-order chi connectivity index (χ0) is 64.0. The van der Waals surface area contributed by atoms with E-state index in [1.165, 1.54) is 54.3 Å². The lowest BCUT2D eigenvalue weighted by atomic mass is 9.74. The molecule has 5 nitrogen and oxygen atoms in total. The Labute approximate surface area is 566 Å². The minimum atomic E-state index is -0.174. The van der Waals surface area contributed by atoms with Crippen LogP contribution in [-0.4, -0.2) is 0 Å². The summed E-state index contributed by atoms with van der Waals surface area (Å²) in [7, 11) is 0. The van der Waals surface area contributed by atoms with Crippen LogP contribution in [0.25, 0.3) is 33.4 Å². The van der Waals surface area contributed by atoms with Crippen LogP contribution in [0.2, 0.25) is 0 Å². The molecule has 0 saturated heterocycles. The van der Waals surface area contributed by atoms with Gasteiger partial charge in [0, 0.05) is 84.1 Å². The molecule has 96 heavy (non-hydrogen) atoms. The van der Waals surface area contributed by atoms with Crippen molar-refractivity contribution in [3.05, 3.63) is 373 Å². The summed E-state index contributed by atoms with van der Waals surface area (Å²) in [4.78, 5) is 12.4. The third-order valence-corrected chi connectivity index (χ3v) is 20.8. The Hall–Kier alpha value is -11.6. The molecule has 6 heteroatoms. The summed E-state index contributed by atoms with van der Waals surface area (Å²) in [5, 5.41) is 0. The quantitative estimate of drug-likeness (QED) is 0.128. The fourth-order valence-electron chi connectivity index (χ4n) is 15.2. The summed E-state index contributed by atoms with van der Waals surface area (Å²) >= 11 is 1.90. The van der Waals surface area contributed by atoms with Crippen molar-refractivity contribution in [2.75, 3.05) is 19.6 Å². The first-order valence-electron chi connectivity index (χ1n) is 33.2. The Morgan fingerprint density at radius 1 is 0.302 bits per heavy atom. The number of benzene rings is 14. The number of anilines is 12. The predicted molar refractivity (Wildman–Crippen MR) is 399 cm³/mol. The predicted octanol–water partition coefficient (Wildman–Crippen LogP) is 25.4.